The van der Waals surface area contributed by atoms with E-state index in [4.69, 9.17) is 24.0 Å². The van der Waals surface area contributed by atoms with Gasteiger partial charge in [-0.2, -0.15) is 4.89 Å². The largest absolute Gasteiger partial charge is 0.414 e. The first kappa shape index (κ1) is 50.0. The SMILES string of the molecule is CC1CCC(C2NC(C3CCC(C)CC3C)NC(C3CCC(OCCCCCCOO/C=N/C4NC(NC(=O)Oc5ccccc5)NC(NC(=O)Oc5ccccc5)N4)CC3O)N2)C(C)C1. The lowest BCUT2D eigenvalue weighted by atomic mass is 9.71. The zero-order valence-electron chi connectivity index (χ0n) is 39.4. The second-order valence-corrected chi connectivity index (χ2v) is 19.6. The Kier molecular flexibility index (Phi) is 19.3. The van der Waals surface area contributed by atoms with E-state index in [2.05, 4.69) is 75.2 Å². The van der Waals surface area contributed by atoms with Crippen LogP contribution in [-0.4, -0.2) is 86.5 Å². The highest BCUT2D eigenvalue weighted by atomic mass is 17.2. The first-order chi connectivity index (χ1) is 32.1. The molecule has 2 heterocycles. The third kappa shape index (κ3) is 15.3. The molecule has 2 amide bonds. The molecule has 5 fully saturated rings. The van der Waals surface area contributed by atoms with E-state index in [9.17, 15) is 14.7 Å². The quantitative estimate of drug-likeness (QED) is 0.0269. The first-order valence-corrected chi connectivity index (χ1v) is 24.8. The van der Waals surface area contributed by atoms with Crippen molar-refractivity contribution in [1.29, 1.82) is 0 Å². The lowest BCUT2D eigenvalue weighted by molar-refractivity contribution is -0.217. The number of aliphatic hydroxyl groups excluding tert-OH is 1. The highest BCUT2D eigenvalue weighted by molar-refractivity contribution is 5.71. The van der Waals surface area contributed by atoms with Crippen molar-refractivity contribution >= 4 is 18.6 Å². The summed E-state index contributed by atoms with van der Waals surface area (Å²) in [7, 11) is 0. The van der Waals surface area contributed by atoms with Crippen LogP contribution in [0, 0.1) is 41.4 Å². The van der Waals surface area contributed by atoms with Crippen LogP contribution in [0.15, 0.2) is 65.7 Å². The molecule has 0 spiro atoms. The van der Waals surface area contributed by atoms with Gasteiger partial charge in [-0.25, -0.2) is 14.6 Å². The van der Waals surface area contributed by atoms with Crippen molar-refractivity contribution in [3.8, 4) is 11.5 Å². The second kappa shape index (κ2) is 25.5. The molecule has 3 aliphatic carbocycles. The molecule has 0 bridgehead atoms. The summed E-state index contributed by atoms with van der Waals surface area (Å²) in [6.45, 7) is 10.7. The highest BCUT2D eigenvalue weighted by Gasteiger charge is 2.45. The van der Waals surface area contributed by atoms with Gasteiger partial charge in [0.2, 0.25) is 6.40 Å². The summed E-state index contributed by atoms with van der Waals surface area (Å²) in [5.41, 5.74) is 0. The molecule has 2 saturated heterocycles. The van der Waals surface area contributed by atoms with Crippen LogP contribution >= 0.6 is 0 Å². The van der Waals surface area contributed by atoms with Crippen LogP contribution in [-0.2, 0) is 14.5 Å². The van der Waals surface area contributed by atoms with E-state index in [1.54, 1.807) is 48.5 Å². The predicted molar refractivity (Wildman–Crippen MR) is 251 cm³/mol. The Balaban J connectivity index is 0.782. The van der Waals surface area contributed by atoms with Crippen LogP contribution in [0.25, 0.3) is 0 Å². The zero-order chi connectivity index (χ0) is 46.3. The molecule has 2 aromatic carbocycles. The number of rotatable bonds is 18. The number of para-hydroxylation sites is 2. The fourth-order valence-corrected chi connectivity index (χ4v) is 10.9. The topological polar surface area (TPSA) is 209 Å². The molecule has 3 saturated carbocycles. The maximum atomic E-state index is 12.6. The van der Waals surface area contributed by atoms with E-state index in [1.165, 1.54) is 38.5 Å². The minimum Gasteiger partial charge on any atom is -0.410 e. The van der Waals surface area contributed by atoms with Crippen molar-refractivity contribution in [2.24, 2.45) is 46.4 Å². The number of aliphatic imine (C=N–C) groups is 1. The number of hydrogen-bond donors (Lipinski definition) is 9. The van der Waals surface area contributed by atoms with E-state index in [1.807, 2.05) is 12.1 Å². The molecule has 2 aromatic rings. The summed E-state index contributed by atoms with van der Waals surface area (Å²) in [6.07, 6.45) is 11.4. The molecule has 17 heteroatoms. The van der Waals surface area contributed by atoms with E-state index < -0.39 is 37.2 Å². The molecule has 5 aliphatic rings. The number of nitrogens with one attached hydrogen (secondary N) is 8. The van der Waals surface area contributed by atoms with Crippen molar-refractivity contribution < 1.29 is 38.7 Å². The molecule has 0 aromatic heterocycles. The van der Waals surface area contributed by atoms with Gasteiger partial charge in [-0.15, -0.1) is 0 Å². The molecule has 13 unspecified atom stereocenters. The van der Waals surface area contributed by atoms with Gasteiger partial charge in [0.25, 0.3) is 0 Å². The second-order valence-electron chi connectivity index (χ2n) is 19.6. The Hall–Kier alpha value is -3.91. The molecule has 17 nitrogen and oxygen atoms in total. The molecule has 66 heavy (non-hydrogen) atoms. The molecule has 9 N–H and O–H groups in total. The van der Waals surface area contributed by atoms with E-state index in [0.29, 0.717) is 54.8 Å². The maximum absolute atomic E-state index is 12.6. The lowest BCUT2D eigenvalue weighted by Crippen LogP contribution is -2.75. The standard InChI is InChI=1S/C49H77N9O8/c1-31-19-22-38(33(3)27-31)42-51-43(39-23-20-32(2)28-34(39)4)53-44(52-42)40-24-21-37(29-41(40)59)62-25-13-5-6-14-26-63-64-30-50-45-54-46(57-48(60)65-35-15-9-7-10-16-35)56-47(55-45)58-49(61)66-36-17-11-8-12-18-36/h7-12,15-18,30-34,37-47,51-56,59H,5-6,13-14,19-29H2,1-4H3,(H,57,60)(H,58,61)/b50-30+. The number of hydrogen-bond acceptors (Lipinski definition) is 15. The number of amides is 2. The summed E-state index contributed by atoms with van der Waals surface area (Å²) in [4.78, 5) is 40.1. The van der Waals surface area contributed by atoms with Crippen molar-refractivity contribution in [2.75, 3.05) is 13.2 Å². The Morgan fingerprint density at radius 1 is 0.621 bits per heavy atom. The van der Waals surface area contributed by atoms with Crippen molar-refractivity contribution in [2.45, 2.75) is 161 Å². The predicted octanol–water partition coefficient (Wildman–Crippen LogP) is 6.19. The van der Waals surface area contributed by atoms with Gasteiger partial charge in [-0.3, -0.25) is 42.5 Å². The molecular weight excluding hydrogens is 843 g/mol. The minimum absolute atomic E-state index is 0.0764. The van der Waals surface area contributed by atoms with Crippen LogP contribution in [0.4, 0.5) is 9.59 Å². The highest BCUT2D eigenvalue weighted by Crippen LogP contribution is 2.40. The third-order valence-electron chi connectivity index (χ3n) is 14.4. The van der Waals surface area contributed by atoms with Gasteiger partial charge in [0.15, 0.2) is 6.29 Å². The molecule has 366 valence electrons. The van der Waals surface area contributed by atoms with Crippen LogP contribution in [0.1, 0.15) is 111 Å². The van der Waals surface area contributed by atoms with Gasteiger partial charge in [0.05, 0.1) is 37.3 Å². The Labute approximate surface area is 391 Å². The van der Waals surface area contributed by atoms with Gasteiger partial charge in [0, 0.05) is 12.5 Å². The first-order valence-electron chi connectivity index (χ1n) is 24.8. The van der Waals surface area contributed by atoms with Crippen LogP contribution in [0.3, 0.4) is 0 Å². The maximum Gasteiger partial charge on any atom is 0.414 e. The minimum atomic E-state index is -0.871. The summed E-state index contributed by atoms with van der Waals surface area (Å²) in [5.74, 6) is 5.05. The van der Waals surface area contributed by atoms with Crippen molar-refractivity contribution in [3.63, 3.8) is 0 Å². The van der Waals surface area contributed by atoms with Gasteiger partial charge in [-0.1, -0.05) is 89.8 Å². The van der Waals surface area contributed by atoms with Crippen LogP contribution in [0.5, 0.6) is 11.5 Å². The van der Waals surface area contributed by atoms with Crippen LogP contribution < -0.4 is 52.0 Å². The van der Waals surface area contributed by atoms with E-state index in [0.717, 1.165) is 56.8 Å². The molecule has 0 radical (unpaired) electrons. The van der Waals surface area contributed by atoms with Crippen molar-refractivity contribution in [1.82, 2.24) is 42.5 Å². The molecule has 13 atom stereocenters. The van der Waals surface area contributed by atoms with Crippen LogP contribution in [0.2, 0.25) is 0 Å². The fraction of sp³-hybridized carbons (Fsp3) is 0.694. The van der Waals surface area contributed by atoms with Gasteiger partial charge in [-0.05, 0) is 118 Å². The third-order valence-corrected chi connectivity index (χ3v) is 14.4. The van der Waals surface area contributed by atoms with Gasteiger partial charge < -0.3 is 24.2 Å². The number of nitrogens with zero attached hydrogens (tertiary/aromatic N) is 1. The summed E-state index contributed by atoms with van der Waals surface area (Å²) >= 11 is 0. The Morgan fingerprint density at radius 2 is 1.12 bits per heavy atom. The molecular formula is C49H77N9O8. The Bertz CT molecular complexity index is 1690. The monoisotopic (exact) mass is 920 g/mol. The van der Waals surface area contributed by atoms with Gasteiger partial charge >= 0.3 is 12.2 Å². The zero-order valence-corrected chi connectivity index (χ0v) is 39.4. The summed E-state index contributed by atoms with van der Waals surface area (Å²) < 4.78 is 17.0. The molecule has 7 rings (SSSR count). The lowest BCUT2D eigenvalue weighted by Gasteiger charge is -2.52. The smallest absolute Gasteiger partial charge is 0.410 e. The molecule has 2 aliphatic heterocycles. The number of aliphatic hydroxyl groups is 1. The Morgan fingerprint density at radius 3 is 1.64 bits per heavy atom. The number of benzene rings is 2. The number of unbranched alkanes of at least 4 members (excludes halogenated alkanes) is 3. The van der Waals surface area contributed by atoms with E-state index >= 15 is 0 Å². The van der Waals surface area contributed by atoms with E-state index in [-0.39, 0.29) is 30.5 Å². The summed E-state index contributed by atoms with van der Waals surface area (Å²) in [5, 5.41) is 38.1. The number of ether oxygens (including phenoxy) is 3. The number of carbonyl (C=O) groups excluding carboxylic acids is 2. The normalized spacial score (nSPS) is 35.1. The number of carbonyl (C=O) groups is 2. The van der Waals surface area contributed by atoms with Crippen molar-refractivity contribution in [3.05, 3.63) is 60.7 Å². The fourth-order valence-electron chi connectivity index (χ4n) is 10.9. The van der Waals surface area contributed by atoms with Gasteiger partial charge in [0.1, 0.15) is 24.1 Å². The average molecular weight is 920 g/mol. The average Bonchev–Trinajstić information content (AvgIpc) is 3.28. The summed E-state index contributed by atoms with van der Waals surface area (Å²) in [6, 6.07) is 17.3.